The number of ether oxygens (including phenoxy) is 1. The second-order valence-corrected chi connectivity index (χ2v) is 3.26. The van der Waals surface area contributed by atoms with Crippen LogP contribution in [-0.2, 0) is 14.3 Å². The second kappa shape index (κ2) is 7.39. The number of carbonyl (C=O) groups excluding carboxylic acids is 2. The van der Waals surface area contributed by atoms with Crippen molar-refractivity contribution in [3.63, 3.8) is 0 Å². The van der Waals surface area contributed by atoms with Crippen molar-refractivity contribution in [1.82, 2.24) is 10.6 Å². The van der Waals surface area contributed by atoms with Gasteiger partial charge in [-0.1, -0.05) is 0 Å². The van der Waals surface area contributed by atoms with Gasteiger partial charge in [-0.15, -0.1) is 0 Å². The van der Waals surface area contributed by atoms with Crippen LogP contribution < -0.4 is 10.6 Å². The summed E-state index contributed by atoms with van der Waals surface area (Å²) in [5.41, 5.74) is -0.119. The van der Waals surface area contributed by atoms with Crippen molar-refractivity contribution >= 4 is 17.9 Å². The number of urea groups is 1. The first-order valence-corrected chi connectivity index (χ1v) is 4.89. The lowest BCUT2D eigenvalue weighted by Crippen LogP contribution is -2.41. The number of aliphatic carboxylic acids is 1. The summed E-state index contributed by atoms with van der Waals surface area (Å²) < 4.78 is 4.70. The number of amides is 3. The zero-order chi connectivity index (χ0) is 13.4. The maximum Gasteiger partial charge on any atom is 0.331 e. The van der Waals surface area contributed by atoms with Crippen molar-refractivity contribution in [1.29, 1.82) is 0 Å². The molecule has 0 aromatic heterocycles. The third kappa shape index (κ3) is 5.67. The average molecular weight is 244 g/mol. The molecule has 0 aliphatic carbocycles. The zero-order valence-corrected chi connectivity index (χ0v) is 9.99. The van der Waals surface area contributed by atoms with E-state index in [4.69, 9.17) is 9.84 Å². The van der Waals surface area contributed by atoms with E-state index in [0.29, 0.717) is 6.61 Å². The summed E-state index contributed by atoms with van der Waals surface area (Å²) in [6, 6.07) is -0.690. The number of hydrogen-bond acceptors (Lipinski definition) is 4. The molecule has 3 amide bonds. The van der Waals surface area contributed by atoms with Gasteiger partial charge in [0, 0.05) is 24.8 Å². The molecule has 0 saturated carbocycles. The molecule has 0 saturated heterocycles. The summed E-state index contributed by atoms with van der Waals surface area (Å²) in [6.07, 6.45) is 0. The van der Waals surface area contributed by atoms with E-state index in [2.05, 4.69) is 5.32 Å². The minimum Gasteiger partial charge on any atom is -0.478 e. The van der Waals surface area contributed by atoms with Gasteiger partial charge < -0.3 is 15.2 Å². The second-order valence-electron chi connectivity index (χ2n) is 3.26. The Labute approximate surface area is 98.8 Å². The first-order valence-electron chi connectivity index (χ1n) is 4.89. The number of hydrogen-bond donors (Lipinski definition) is 3. The highest BCUT2D eigenvalue weighted by atomic mass is 16.5. The third-order valence-electron chi connectivity index (χ3n) is 2.04. The first-order chi connectivity index (χ1) is 7.90. The van der Waals surface area contributed by atoms with Crippen molar-refractivity contribution in [3.05, 3.63) is 11.1 Å². The number of methoxy groups -OCH3 is 1. The lowest BCUT2D eigenvalue weighted by Gasteiger charge is -2.07. The molecule has 7 heteroatoms. The van der Waals surface area contributed by atoms with E-state index < -0.39 is 17.9 Å². The van der Waals surface area contributed by atoms with Gasteiger partial charge in [0.25, 0.3) is 5.91 Å². The fourth-order valence-electron chi connectivity index (χ4n) is 0.838. The van der Waals surface area contributed by atoms with Gasteiger partial charge in [-0.2, -0.15) is 0 Å². The smallest absolute Gasteiger partial charge is 0.331 e. The van der Waals surface area contributed by atoms with Crippen LogP contribution in [0.5, 0.6) is 0 Å². The predicted octanol–water partition coefficient (Wildman–Crippen LogP) is -0.120. The summed E-state index contributed by atoms with van der Waals surface area (Å²) in [6.45, 7) is 3.21. The SMILES string of the molecule is COCCNC(=O)NC(=O)/C(C)=C(/C)C(=O)O. The number of rotatable bonds is 5. The van der Waals surface area contributed by atoms with Crippen LogP contribution in [0.1, 0.15) is 13.8 Å². The number of nitrogens with one attached hydrogen (secondary N) is 2. The Balaban J connectivity index is 4.31. The van der Waals surface area contributed by atoms with Gasteiger partial charge in [0.2, 0.25) is 0 Å². The van der Waals surface area contributed by atoms with Crippen LogP contribution in [0.15, 0.2) is 11.1 Å². The number of carbonyl (C=O) groups is 3. The summed E-state index contributed by atoms with van der Waals surface area (Å²) in [5, 5.41) is 13.0. The van der Waals surface area contributed by atoms with Crippen molar-refractivity contribution in [2.24, 2.45) is 0 Å². The molecular weight excluding hydrogens is 228 g/mol. The van der Waals surface area contributed by atoms with Gasteiger partial charge in [0.15, 0.2) is 0 Å². The maximum absolute atomic E-state index is 11.4. The molecule has 0 spiro atoms. The molecule has 0 heterocycles. The molecule has 17 heavy (non-hydrogen) atoms. The predicted molar refractivity (Wildman–Crippen MR) is 59.4 cm³/mol. The van der Waals surface area contributed by atoms with Gasteiger partial charge in [-0.25, -0.2) is 9.59 Å². The normalized spacial score (nSPS) is 11.5. The van der Waals surface area contributed by atoms with Gasteiger partial charge in [-0.05, 0) is 13.8 Å². The van der Waals surface area contributed by atoms with E-state index in [1.165, 1.54) is 21.0 Å². The van der Waals surface area contributed by atoms with E-state index >= 15 is 0 Å². The maximum atomic E-state index is 11.4. The van der Waals surface area contributed by atoms with E-state index in [9.17, 15) is 14.4 Å². The highest BCUT2D eigenvalue weighted by molar-refractivity contribution is 6.07. The molecule has 0 aliphatic heterocycles. The van der Waals surface area contributed by atoms with Crippen molar-refractivity contribution in [2.45, 2.75) is 13.8 Å². The van der Waals surface area contributed by atoms with E-state index in [1.54, 1.807) is 0 Å². The molecule has 96 valence electrons. The Morgan fingerprint density at radius 2 is 1.76 bits per heavy atom. The third-order valence-corrected chi connectivity index (χ3v) is 2.04. The molecular formula is C10H16N2O5. The van der Waals surface area contributed by atoms with E-state index in [1.807, 2.05) is 5.32 Å². The molecule has 0 bridgehead atoms. The Hall–Kier alpha value is -1.89. The molecule has 0 aliphatic rings. The monoisotopic (exact) mass is 244 g/mol. The summed E-state index contributed by atoms with van der Waals surface area (Å²) in [5.74, 6) is -1.93. The van der Waals surface area contributed by atoms with Crippen LogP contribution in [0.2, 0.25) is 0 Å². The standard InChI is InChI=1S/C10H16N2O5/c1-6(7(2)9(14)15)8(13)12-10(16)11-4-5-17-3/h4-5H2,1-3H3,(H,14,15)(H2,11,12,13,16)/b7-6-. The van der Waals surface area contributed by atoms with Crippen molar-refractivity contribution < 1.29 is 24.2 Å². The summed E-state index contributed by atoms with van der Waals surface area (Å²) in [4.78, 5) is 33.2. The fraction of sp³-hybridized carbons (Fsp3) is 0.500. The molecule has 3 N–H and O–H groups in total. The van der Waals surface area contributed by atoms with Crippen molar-refractivity contribution in [2.75, 3.05) is 20.3 Å². The minimum atomic E-state index is -1.20. The van der Waals surface area contributed by atoms with Crippen LogP contribution in [0.3, 0.4) is 0 Å². The van der Waals surface area contributed by atoms with Gasteiger partial charge in [-0.3, -0.25) is 10.1 Å². The molecule has 0 aromatic rings. The molecule has 7 nitrogen and oxygen atoms in total. The number of carboxylic acid groups (broad SMARTS) is 1. The van der Waals surface area contributed by atoms with Gasteiger partial charge in [0.05, 0.1) is 6.61 Å². The van der Waals surface area contributed by atoms with Gasteiger partial charge >= 0.3 is 12.0 Å². The first kappa shape index (κ1) is 15.1. The van der Waals surface area contributed by atoms with Crippen molar-refractivity contribution in [3.8, 4) is 0 Å². The Morgan fingerprint density at radius 1 is 1.18 bits per heavy atom. The Morgan fingerprint density at radius 3 is 2.24 bits per heavy atom. The average Bonchev–Trinajstić information content (AvgIpc) is 2.27. The number of imide groups is 1. The van der Waals surface area contributed by atoms with Gasteiger partial charge in [0.1, 0.15) is 0 Å². The Kier molecular flexibility index (Phi) is 6.57. The summed E-state index contributed by atoms with van der Waals surface area (Å²) >= 11 is 0. The van der Waals surface area contributed by atoms with Crippen LogP contribution in [0.4, 0.5) is 4.79 Å². The van der Waals surface area contributed by atoms with E-state index in [-0.39, 0.29) is 17.7 Å². The molecule has 0 fully saturated rings. The zero-order valence-electron chi connectivity index (χ0n) is 9.99. The fourth-order valence-corrected chi connectivity index (χ4v) is 0.838. The molecule has 0 aromatic carbocycles. The van der Waals surface area contributed by atoms with E-state index in [0.717, 1.165) is 0 Å². The Bertz CT molecular complexity index is 349. The number of carboxylic acids is 1. The lowest BCUT2D eigenvalue weighted by atomic mass is 10.1. The van der Waals surface area contributed by atoms with Crippen LogP contribution >= 0.6 is 0 Å². The molecule has 0 radical (unpaired) electrons. The molecule has 0 atom stereocenters. The van der Waals surface area contributed by atoms with Crippen LogP contribution in [-0.4, -0.2) is 43.3 Å². The van der Waals surface area contributed by atoms with Crippen LogP contribution in [0.25, 0.3) is 0 Å². The molecule has 0 unspecified atom stereocenters. The highest BCUT2D eigenvalue weighted by Crippen LogP contribution is 2.02. The van der Waals surface area contributed by atoms with Crippen LogP contribution in [0, 0.1) is 0 Å². The molecule has 0 rings (SSSR count). The highest BCUT2D eigenvalue weighted by Gasteiger charge is 2.14. The largest absolute Gasteiger partial charge is 0.478 e. The summed E-state index contributed by atoms with van der Waals surface area (Å²) in [7, 11) is 1.48. The topological polar surface area (TPSA) is 105 Å². The quantitative estimate of drug-likeness (QED) is 0.462. The lowest BCUT2D eigenvalue weighted by molar-refractivity contribution is -0.133. The minimum absolute atomic E-state index is 0.0145.